The van der Waals surface area contributed by atoms with Crippen molar-refractivity contribution in [1.82, 2.24) is 36.2 Å². The molecule has 0 aliphatic carbocycles. The van der Waals surface area contributed by atoms with Crippen molar-refractivity contribution in [2.24, 2.45) is 28.7 Å². The highest BCUT2D eigenvalue weighted by atomic mass is 32.1. The number of amides is 4. The van der Waals surface area contributed by atoms with Gasteiger partial charge in [-0.25, -0.2) is 19.9 Å². The van der Waals surface area contributed by atoms with Gasteiger partial charge in [0.1, 0.15) is 45.4 Å². The lowest BCUT2D eigenvalue weighted by atomic mass is 9.98. The summed E-state index contributed by atoms with van der Waals surface area (Å²) in [7, 11) is 0. The Bertz CT molecular complexity index is 1810. The lowest BCUT2D eigenvalue weighted by Gasteiger charge is -2.24. The molecule has 2 aliphatic rings. The van der Waals surface area contributed by atoms with E-state index >= 15 is 0 Å². The van der Waals surface area contributed by atoms with Gasteiger partial charge in [0.25, 0.3) is 17.7 Å². The van der Waals surface area contributed by atoms with Crippen LogP contribution in [0.4, 0.5) is 0 Å². The summed E-state index contributed by atoms with van der Waals surface area (Å²) in [6, 6.07) is -3.16. The van der Waals surface area contributed by atoms with E-state index < -0.39 is 54.0 Å². The Labute approximate surface area is 312 Å². The van der Waals surface area contributed by atoms with E-state index in [2.05, 4.69) is 36.2 Å². The summed E-state index contributed by atoms with van der Waals surface area (Å²) in [5, 5.41) is 16.7. The molecule has 8 bridgehead atoms. The van der Waals surface area contributed by atoms with Crippen LogP contribution in [-0.2, 0) is 9.53 Å². The largest absolute Gasteiger partial charge is 0.474 e. The molecule has 0 radical (unpaired) electrons. The number of aliphatic imine (C=N–C) groups is 1. The smallest absolute Gasteiger partial charge is 0.274 e. The van der Waals surface area contributed by atoms with Crippen molar-refractivity contribution in [3.63, 3.8) is 0 Å². The minimum Gasteiger partial charge on any atom is -0.474 e. The molecule has 8 atom stereocenters. The Balaban J connectivity index is 1.57. The molecule has 3 aromatic rings. The maximum Gasteiger partial charge on any atom is 0.274 e. The number of fused-ring (bicyclic) bond motifs is 7. The van der Waals surface area contributed by atoms with Crippen LogP contribution in [-0.4, -0.2) is 62.7 Å². The predicted molar refractivity (Wildman–Crippen MR) is 198 cm³/mol. The average Bonchev–Trinajstić information content (AvgIpc) is 3.92. The molecular formula is C36H50N8O6S2. The molecule has 282 valence electrons. The van der Waals surface area contributed by atoms with Gasteiger partial charge in [0.05, 0.1) is 12.1 Å². The van der Waals surface area contributed by atoms with E-state index in [4.69, 9.17) is 14.1 Å². The molecule has 3 aromatic heterocycles. The molecule has 0 saturated carbocycles. The minimum absolute atomic E-state index is 0.0659. The molecule has 4 amide bonds. The van der Waals surface area contributed by atoms with Crippen LogP contribution >= 0.6 is 22.7 Å². The first-order chi connectivity index (χ1) is 24.6. The monoisotopic (exact) mass is 754 g/mol. The quantitative estimate of drug-likeness (QED) is 0.245. The first kappa shape index (κ1) is 39.0. The normalized spacial score (nSPS) is 25.7. The number of hydrogen-bond donors (Lipinski definition) is 4. The number of hydrogen-bond acceptors (Lipinski definition) is 12. The highest BCUT2D eigenvalue weighted by Gasteiger charge is 2.40. The van der Waals surface area contributed by atoms with Crippen LogP contribution in [0.15, 0.2) is 20.2 Å². The topological polar surface area (TPSA) is 190 Å². The summed E-state index contributed by atoms with van der Waals surface area (Å²) >= 11 is 2.55. The SMILES string of the molecule is CCC(C)C1NC(=O)c2csc(n2)C(C(C)C)NC(=O)c2nc(oc2C)C(C(C)CC)NC(=O)c2csc(n2)C(C(C)C)NC(=O)C2N=C1OC2C. The third kappa shape index (κ3) is 8.22. The summed E-state index contributed by atoms with van der Waals surface area (Å²) in [5.41, 5.74) is 0.481. The zero-order valence-electron chi connectivity index (χ0n) is 31.4. The molecule has 52 heavy (non-hydrogen) atoms. The molecular weight excluding hydrogens is 705 g/mol. The van der Waals surface area contributed by atoms with Gasteiger partial charge in [0.2, 0.25) is 17.7 Å². The number of oxazole rings is 1. The third-order valence-electron chi connectivity index (χ3n) is 9.80. The van der Waals surface area contributed by atoms with Crippen LogP contribution in [0.2, 0.25) is 0 Å². The molecule has 0 saturated heterocycles. The van der Waals surface area contributed by atoms with Crippen molar-refractivity contribution in [2.75, 3.05) is 0 Å². The number of nitrogens with one attached hydrogen (secondary N) is 4. The molecule has 0 fully saturated rings. The van der Waals surface area contributed by atoms with E-state index in [0.717, 1.165) is 0 Å². The fourth-order valence-electron chi connectivity index (χ4n) is 6.05. The van der Waals surface area contributed by atoms with Crippen LogP contribution in [0.1, 0.15) is 146 Å². The maximum atomic E-state index is 13.8. The number of carbonyl (C=O) groups is 4. The zero-order valence-corrected chi connectivity index (χ0v) is 33.0. The summed E-state index contributed by atoms with van der Waals surface area (Å²) in [6.45, 7) is 19.2. The maximum absolute atomic E-state index is 13.8. The first-order valence-corrected chi connectivity index (χ1v) is 19.7. The Morgan fingerprint density at radius 3 is 1.75 bits per heavy atom. The van der Waals surface area contributed by atoms with Gasteiger partial charge in [-0.2, -0.15) is 0 Å². The van der Waals surface area contributed by atoms with Gasteiger partial charge in [0.15, 0.2) is 11.7 Å². The van der Waals surface area contributed by atoms with Crippen LogP contribution in [0.3, 0.4) is 0 Å². The van der Waals surface area contributed by atoms with Gasteiger partial charge >= 0.3 is 0 Å². The summed E-state index contributed by atoms with van der Waals surface area (Å²) < 4.78 is 12.2. The molecule has 5 rings (SSSR count). The van der Waals surface area contributed by atoms with Crippen molar-refractivity contribution >= 4 is 52.2 Å². The number of ether oxygens (including phenoxy) is 1. The number of aromatic nitrogens is 3. The fraction of sp³-hybridized carbons (Fsp3) is 0.611. The standard InChI is InChI=1S/C36H50N8O6S2/c1-11-17(7)25-33-43-27(19(9)49-33)31(47)39-24(16(5)6)36-38-22(14-52-36)30(46)42-26(18(8)12-2)34-44-28(20(10)50-34)32(48)40-23(15(3)4)35-37-21(13-51-35)29(45)41-25/h13-19,23-27H,11-12H2,1-10H3,(H,39,47)(H,40,48)(H,41,45)(H,42,46). The van der Waals surface area contributed by atoms with E-state index in [1.807, 2.05) is 55.4 Å². The zero-order chi connectivity index (χ0) is 38.0. The third-order valence-corrected chi connectivity index (χ3v) is 11.7. The molecule has 0 spiro atoms. The Morgan fingerprint density at radius 2 is 1.21 bits per heavy atom. The van der Waals surface area contributed by atoms with Gasteiger partial charge in [0, 0.05) is 10.8 Å². The second kappa shape index (κ2) is 16.2. The highest BCUT2D eigenvalue weighted by Crippen LogP contribution is 2.31. The van der Waals surface area contributed by atoms with Gasteiger partial charge in [-0.15, -0.1) is 22.7 Å². The van der Waals surface area contributed by atoms with Gasteiger partial charge in [-0.1, -0.05) is 68.2 Å². The van der Waals surface area contributed by atoms with Crippen LogP contribution in [0.5, 0.6) is 0 Å². The van der Waals surface area contributed by atoms with Crippen molar-refractivity contribution in [2.45, 2.75) is 118 Å². The van der Waals surface area contributed by atoms with E-state index in [0.29, 0.717) is 28.6 Å². The van der Waals surface area contributed by atoms with Crippen LogP contribution in [0.25, 0.3) is 0 Å². The Morgan fingerprint density at radius 1 is 0.712 bits per heavy atom. The number of carbonyl (C=O) groups excluding carboxylic acids is 4. The van der Waals surface area contributed by atoms with E-state index in [1.54, 1.807) is 24.6 Å². The molecule has 2 aliphatic heterocycles. The molecule has 0 aromatic carbocycles. The number of thiazole rings is 2. The second-order valence-corrected chi connectivity index (χ2v) is 16.2. The van der Waals surface area contributed by atoms with Gasteiger partial charge in [-0.3, -0.25) is 19.2 Å². The van der Waals surface area contributed by atoms with Crippen molar-refractivity contribution in [1.29, 1.82) is 0 Å². The van der Waals surface area contributed by atoms with Crippen molar-refractivity contribution < 1.29 is 28.3 Å². The molecule has 14 nitrogen and oxygen atoms in total. The predicted octanol–water partition coefficient (Wildman–Crippen LogP) is 5.70. The Hall–Kier alpha value is -4.18. The van der Waals surface area contributed by atoms with Gasteiger partial charge < -0.3 is 30.4 Å². The summed E-state index contributed by atoms with van der Waals surface area (Å²) in [4.78, 5) is 73.5. The van der Waals surface area contributed by atoms with Crippen molar-refractivity contribution in [3.05, 3.63) is 49.5 Å². The lowest BCUT2D eigenvalue weighted by molar-refractivity contribution is -0.124. The van der Waals surface area contributed by atoms with Gasteiger partial charge in [-0.05, 0) is 37.5 Å². The van der Waals surface area contributed by atoms with E-state index in [9.17, 15) is 19.2 Å². The number of rotatable bonds is 6. The van der Waals surface area contributed by atoms with Crippen molar-refractivity contribution in [3.8, 4) is 0 Å². The summed E-state index contributed by atoms with van der Waals surface area (Å²) in [6.07, 6.45) is 0.814. The summed E-state index contributed by atoms with van der Waals surface area (Å²) in [5.74, 6) is -1.18. The number of nitrogens with zero attached hydrogens (tertiary/aromatic N) is 4. The second-order valence-electron chi connectivity index (χ2n) is 14.4. The highest BCUT2D eigenvalue weighted by molar-refractivity contribution is 7.10. The van der Waals surface area contributed by atoms with E-state index in [1.165, 1.54) is 22.7 Å². The molecule has 4 N–H and O–H groups in total. The first-order valence-electron chi connectivity index (χ1n) is 18.0. The average molecular weight is 755 g/mol. The fourth-order valence-corrected chi connectivity index (χ4v) is 8.10. The molecule has 8 unspecified atom stereocenters. The van der Waals surface area contributed by atoms with E-state index in [-0.39, 0.29) is 58.4 Å². The van der Waals surface area contributed by atoms with Crippen LogP contribution < -0.4 is 21.3 Å². The number of aryl methyl sites for hydroxylation is 1. The Kier molecular flexibility index (Phi) is 12.2. The molecule has 16 heteroatoms. The lowest BCUT2D eigenvalue weighted by Crippen LogP contribution is -2.45. The molecule has 5 heterocycles. The minimum atomic E-state index is -0.861. The van der Waals surface area contributed by atoms with Crippen LogP contribution in [0, 0.1) is 30.6 Å².